The molecular weight excluding hydrogens is 1170 g/mol. The molecule has 494 valence electrons. The summed E-state index contributed by atoms with van der Waals surface area (Å²) in [7, 11) is 0. The van der Waals surface area contributed by atoms with Crippen molar-refractivity contribution in [2.24, 2.45) is 17.6 Å². The van der Waals surface area contributed by atoms with Crippen LogP contribution in [0, 0.1) is 11.8 Å². The van der Waals surface area contributed by atoms with Gasteiger partial charge in [0.25, 0.3) is 0 Å². The second-order valence-electron chi connectivity index (χ2n) is 22.0. The SMILES string of the molecule is CC(C)C[C@H](NC(=O)[C@H](CO)NC(=O)[C@H](C)NC(=O)[C@H](CO)NC(=O)[C@@H](NC(=O)[C@@H](NC(=O)[C@H](CCC(=O)O)NC(=O)[C@@H](N)CC(C)C)[C@@H](C)O)[C@@H](C)O)C(=O)N[C@@H](CO)C(=O)N[C@@H](Cc1ccc(O)cc1)C(=O)N1CCC[C@H]1C(=O)N[C@@H](CO)C(=O)O. The van der Waals surface area contributed by atoms with Crippen molar-refractivity contribution >= 4 is 76.9 Å². The largest absolute Gasteiger partial charge is 0.508 e. The van der Waals surface area contributed by atoms with Gasteiger partial charge in [0.2, 0.25) is 65.0 Å². The minimum Gasteiger partial charge on any atom is -0.508 e. The number of aromatic hydroxyl groups is 1. The van der Waals surface area contributed by atoms with E-state index < -0.39 is 201 Å². The first-order chi connectivity index (χ1) is 41.2. The molecule has 21 N–H and O–H groups in total. The lowest BCUT2D eigenvalue weighted by Crippen LogP contribution is -2.63. The minimum atomic E-state index is -1.97. The third kappa shape index (κ3) is 24.6. The molecule has 1 aliphatic heterocycles. The summed E-state index contributed by atoms with van der Waals surface area (Å²) in [4.78, 5) is 172. The van der Waals surface area contributed by atoms with Crippen LogP contribution < -0.4 is 58.9 Å². The van der Waals surface area contributed by atoms with Crippen molar-refractivity contribution in [2.75, 3.05) is 33.0 Å². The van der Waals surface area contributed by atoms with E-state index in [1.54, 1.807) is 27.7 Å². The summed E-state index contributed by atoms with van der Waals surface area (Å²) in [6.07, 6.45) is -4.43. The number of carboxylic acids is 2. The molecule has 0 bridgehead atoms. The number of phenols is 1. The zero-order valence-corrected chi connectivity index (χ0v) is 49.9. The first-order valence-electron chi connectivity index (χ1n) is 28.3. The van der Waals surface area contributed by atoms with E-state index in [4.69, 9.17) is 5.73 Å². The molecule has 1 saturated heterocycles. The molecule has 34 heteroatoms. The topological polar surface area (TPSA) is 554 Å². The monoisotopic (exact) mass is 1250 g/mol. The molecule has 0 aromatic heterocycles. The van der Waals surface area contributed by atoms with E-state index in [1.165, 1.54) is 24.3 Å². The van der Waals surface area contributed by atoms with Crippen molar-refractivity contribution in [1.29, 1.82) is 0 Å². The smallest absolute Gasteiger partial charge is 0.328 e. The maximum atomic E-state index is 14.2. The average molecular weight is 1260 g/mol. The van der Waals surface area contributed by atoms with Crippen LogP contribution in [0.15, 0.2) is 24.3 Å². The van der Waals surface area contributed by atoms with Gasteiger partial charge in [-0.1, -0.05) is 39.8 Å². The number of nitrogens with two attached hydrogens (primary N) is 1. The lowest BCUT2D eigenvalue weighted by Gasteiger charge is -2.30. The van der Waals surface area contributed by atoms with Crippen LogP contribution in [0.4, 0.5) is 0 Å². The Hall–Kier alpha value is -8.15. The van der Waals surface area contributed by atoms with E-state index in [-0.39, 0.29) is 56.2 Å². The van der Waals surface area contributed by atoms with Crippen LogP contribution in [0.25, 0.3) is 0 Å². The number of aliphatic hydroxyl groups is 6. The number of likely N-dealkylation sites (tertiary alicyclic amines) is 1. The molecule has 0 saturated carbocycles. The maximum absolute atomic E-state index is 14.2. The van der Waals surface area contributed by atoms with Crippen LogP contribution in [0.2, 0.25) is 0 Å². The van der Waals surface area contributed by atoms with Gasteiger partial charge in [0.05, 0.1) is 44.7 Å². The van der Waals surface area contributed by atoms with Gasteiger partial charge in [-0.3, -0.25) is 57.5 Å². The van der Waals surface area contributed by atoms with Crippen LogP contribution in [0.1, 0.15) is 92.6 Å². The van der Waals surface area contributed by atoms with E-state index in [2.05, 4.69) is 53.2 Å². The predicted molar refractivity (Wildman–Crippen MR) is 305 cm³/mol. The number of nitrogens with one attached hydrogen (secondary N) is 10. The highest BCUT2D eigenvalue weighted by Crippen LogP contribution is 2.21. The Labute approximate surface area is 506 Å². The normalized spacial score (nSPS) is 17.5. The lowest BCUT2D eigenvalue weighted by atomic mass is 10.0. The molecule has 2 rings (SSSR count). The van der Waals surface area contributed by atoms with E-state index in [0.717, 1.165) is 25.7 Å². The number of aliphatic carboxylic acids is 2. The molecule has 1 heterocycles. The molecule has 34 nitrogen and oxygen atoms in total. The zero-order chi connectivity index (χ0) is 66.9. The van der Waals surface area contributed by atoms with Crippen LogP contribution in [0.5, 0.6) is 5.75 Å². The molecule has 0 aliphatic carbocycles. The highest BCUT2D eigenvalue weighted by Gasteiger charge is 2.41. The summed E-state index contributed by atoms with van der Waals surface area (Å²) in [6, 6.07) is -14.2. The molecule has 88 heavy (non-hydrogen) atoms. The predicted octanol–water partition coefficient (Wildman–Crippen LogP) is -8.11. The van der Waals surface area contributed by atoms with Crippen molar-refractivity contribution in [3.63, 3.8) is 0 Å². The highest BCUT2D eigenvalue weighted by molar-refractivity contribution is 5.99. The zero-order valence-electron chi connectivity index (χ0n) is 49.9. The molecule has 1 aromatic carbocycles. The van der Waals surface area contributed by atoms with E-state index in [9.17, 15) is 108 Å². The van der Waals surface area contributed by atoms with Gasteiger partial charge >= 0.3 is 11.9 Å². The Morgan fingerprint density at radius 1 is 0.511 bits per heavy atom. The van der Waals surface area contributed by atoms with E-state index in [1.807, 2.05) is 0 Å². The van der Waals surface area contributed by atoms with Gasteiger partial charge in [-0.05, 0) is 82.4 Å². The first-order valence-corrected chi connectivity index (χ1v) is 28.3. The number of phenolic OH excluding ortho intramolecular Hbond substituents is 1. The number of rotatable bonds is 37. The number of carbonyl (C=O) groups excluding carboxylic acids is 11. The van der Waals surface area contributed by atoms with Crippen LogP contribution in [0.3, 0.4) is 0 Å². The number of carbonyl (C=O) groups is 13. The number of nitrogens with zero attached hydrogens (tertiary/aromatic N) is 1. The number of amides is 11. The van der Waals surface area contributed by atoms with Gasteiger partial charge in [0.1, 0.15) is 72.2 Å². The number of hydrogen-bond donors (Lipinski definition) is 20. The third-order valence-corrected chi connectivity index (χ3v) is 13.6. The van der Waals surface area contributed by atoms with E-state index >= 15 is 0 Å². The van der Waals surface area contributed by atoms with Crippen molar-refractivity contribution < 1.29 is 108 Å². The van der Waals surface area contributed by atoms with Crippen molar-refractivity contribution in [1.82, 2.24) is 58.1 Å². The van der Waals surface area contributed by atoms with Gasteiger partial charge < -0.3 is 110 Å². The summed E-state index contributed by atoms with van der Waals surface area (Å²) in [5.41, 5.74) is 6.31. The molecular formula is C54H86N12O22. The molecule has 1 aliphatic rings. The van der Waals surface area contributed by atoms with Gasteiger partial charge in [0, 0.05) is 19.4 Å². The maximum Gasteiger partial charge on any atom is 0.328 e. The summed E-state index contributed by atoms with van der Waals surface area (Å²) in [5.74, 6) is -15.5. The van der Waals surface area contributed by atoms with Gasteiger partial charge in [0.15, 0.2) is 0 Å². The third-order valence-electron chi connectivity index (χ3n) is 13.6. The van der Waals surface area contributed by atoms with Crippen molar-refractivity contribution in [2.45, 2.75) is 178 Å². The van der Waals surface area contributed by atoms with Crippen LogP contribution >= 0.6 is 0 Å². The molecule has 0 radical (unpaired) electrons. The number of carboxylic acid groups (broad SMARTS) is 2. The lowest BCUT2D eigenvalue weighted by molar-refractivity contribution is -0.145. The summed E-state index contributed by atoms with van der Waals surface area (Å²) in [5, 5.41) is 112. The summed E-state index contributed by atoms with van der Waals surface area (Å²) >= 11 is 0. The van der Waals surface area contributed by atoms with E-state index in [0.29, 0.717) is 5.56 Å². The fourth-order valence-electron chi connectivity index (χ4n) is 8.80. The molecule has 0 unspecified atom stereocenters. The molecule has 14 atom stereocenters. The number of benzene rings is 1. The fourth-order valence-corrected chi connectivity index (χ4v) is 8.80. The standard InChI is InChI=1S/C54H86N12O22/c1-24(2)17-31(55)44(77)57-32(14-15-40(74)75)45(78)64-42(28(7)72)52(85)65-41(27(6)71)51(84)62-35(20-67)47(80)56-26(5)43(76)60-36(21-68)48(81)58-33(18-25(3)4)46(79)61-37(22-69)49(82)59-34(19-29-10-12-30(73)13-11-29)53(86)66-16-8-9-39(66)50(83)63-38(23-70)54(87)88/h10-13,24-28,31-39,41-42,67-73H,8-9,14-23,55H2,1-7H3,(H,56,80)(H,57,77)(H,58,81)(H,59,82)(H,60,76)(H,61,79)(H,62,84)(H,63,83)(H,64,78)(H,65,85)(H,74,75)(H,87,88)/t26-,27+,28+,31-,32-,33-,34-,35-,36-,37-,38-,39-,41-,42-/m0/s1. The quantitative estimate of drug-likeness (QED) is 0.0294. The van der Waals surface area contributed by atoms with Crippen molar-refractivity contribution in [3.8, 4) is 5.75 Å². The van der Waals surface area contributed by atoms with Crippen LogP contribution in [-0.4, -0.2) is 245 Å². The minimum absolute atomic E-state index is 0.0131. The second-order valence-corrected chi connectivity index (χ2v) is 22.0. The Morgan fingerprint density at radius 3 is 1.41 bits per heavy atom. The molecule has 1 fully saturated rings. The molecule has 0 spiro atoms. The summed E-state index contributed by atoms with van der Waals surface area (Å²) < 4.78 is 0. The second kappa shape index (κ2) is 36.9. The Kier molecular flexibility index (Phi) is 31.8. The molecule has 11 amide bonds. The fraction of sp³-hybridized carbons (Fsp3) is 0.648. The highest BCUT2D eigenvalue weighted by atomic mass is 16.4. The van der Waals surface area contributed by atoms with Gasteiger partial charge in [-0.2, -0.15) is 0 Å². The Morgan fingerprint density at radius 2 is 0.932 bits per heavy atom. The Bertz CT molecular complexity index is 2590. The average Bonchev–Trinajstić information content (AvgIpc) is 4.16. The molecule has 1 aromatic rings. The van der Waals surface area contributed by atoms with Gasteiger partial charge in [-0.25, -0.2) is 4.79 Å². The van der Waals surface area contributed by atoms with Crippen molar-refractivity contribution in [3.05, 3.63) is 29.8 Å². The summed E-state index contributed by atoms with van der Waals surface area (Å²) in [6.45, 7) is 5.72. The Balaban J connectivity index is 2.21. The van der Waals surface area contributed by atoms with Gasteiger partial charge in [-0.15, -0.1) is 0 Å². The first kappa shape index (κ1) is 75.9. The van der Waals surface area contributed by atoms with Crippen LogP contribution in [-0.2, 0) is 68.7 Å². The number of aliphatic hydroxyl groups excluding tert-OH is 6. The number of hydrogen-bond acceptors (Lipinski definition) is 21.